The summed E-state index contributed by atoms with van der Waals surface area (Å²) in [6.45, 7) is 0.345. The Bertz CT molecular complexity index is 753. The molecule has 8 nitrogen and oxygen atoms in total. The van der Waals surface area contributed by atoms with E-state index >= 15 is 0 Å². The van der Waals surface area contributed by atoms with Gasteiger partial charge in [0.1, 0.15) is 24.9 Å². The molecule has 0 aromatic heterocycles. The summed E-state index contributed by atoms with van der Waals surface area (Å²) in [5.74, 6) is 1.35. The van der Waals surface area contributed by atoms with E-state index < -0.39 is 0 Å². The average molecular weight is 451 g/mol. The van der Waals surface area contributed by atoms with E-state index in [1.165, 1.54) is 7.11 Å². The van der Waals surface area contributed by atoms with E-state index in [9.17, 15) is 0 Å². The maximum atomic E-state index is 8.67. The number of rotatable bonds is 8. The van der Waals surface area contributed by atoms with E-state index in [1.54, 1.807) is 13.2 Å². The Morgan fingerprint density at radius 3 is 1.31 bits per heavy atom. The van der Waals surface area contributed by atoms with Crippen LogP contribution < -0.4 is 9.47 Å². The molecule has 32 heavy (non-hydrogen) atoms. The molecule has 0 saturated heterocycles. The van der Waals surface area contributed by atoms with Crippen LogP contribution in [0.2, 0.25) is 0 Å². The Morgan fingerprint density at radius 1 is 0.562 bits per heavy atom. The molecule has 0 aliphatic carbocycles. The van der Waals surface area contributed by atoms with Crippen LogP contribution >= 0.6 is 0 Å². The van der Waals surface area contributed by atoms with Crippen molar-refractivity contribution in [2.24, 2.45) is 0 Å². The largest absolute Gasteiger partial charge is 0.491 e. The summed E-state index contributed by atoms with van der Waals surface area (Å²) in [4.78, 5) is 0. The Kier molecular flexibility index (Phi) is 19.7. The van der Waals surface area contributed by atoms with Crippen molar-refractivity contribution in [2.45, 2.75) is 0 Å². The summed E-state index contributed by atoms with van der Waals surface area (Å²) in [6.07, 6.45) is 0. The van der Waals surface area contributed by atoms with Crippen molar-refractivity contribution in [3.63, 3.8) is 0 Å². The Hall–Kier alpha value is -2.72. The van der Waals surface area contributed by atoms with Crippen molar-refractivity contribution in [1.29, 1.82) is 0 Å². The van der Waals surface area contributed by atoms with Crippen LogP contribution in [0.15, 0.2) is 72.8 Å². The van der Waals surface area contributed by atoms with Gasteiger partial charge in [-0.1, -0.05) is 48.5 Å². The van der Waals surface area contributed by atoms with Crippen LogP contribution in [0.1, 0.15) is 0 Å². The zero-order valence-corrected chi connectivity index (χ0v) is 18.6. The van der Waals surface area contributed by atoms with Crippen LogP contribution in [0, 0.1) is 0 Å². The minimum Gasteiger partial charge on any atom is -0.491 e. The molecule has 0 radical (unpaired) electrons. The van der Waals surface area contributed by atoms with E-state index in [0.717, 1.165) is 16.5 Å². The first-order valence-electron chi connectivity index (χ1n) is 9.87. The summed E-state index contributed by atoms with van der Waals surface area (Å²) in [5.41, 5.74) is 0. The van der Waals surface area contributed by atoms with Crippen molar-refractivity contribution in [2.75, 3.05) is 54.2 Å². The molecule has 0 bridgehead atoms. The van der Waals surface area contributed by atoms with Gasteiger partial charge >= 0.3 is 0 Å². The van der Waals surface area contributed by atoms with Crippen molar-refractivity contribution in [3.8, 4) is 11.5 Å². The maximum Gasteiger partial charge on any atom is 0.186 e. The summed E-state index contributed by atoms with van der Waals surface area (Å²) < 4.78 is 18.9. The van der Waals surface area contributed by atoms with Gasteiger partial charge in [-0.25, -0.2) is 0 Å². The monoisotopic (exact) mass is 450 g/mol. The number of hydrogen-bond donors (Lipinski definition) is 4. The van der Waals surface area contributed by atoms with Gasteiger partial charge in [-0.05, 0) is 35.0 Å². The first-order chi connectivity index (χ1) is 15.7. The second kappa shape index (κ2) is 21.5. The number of hydrogen-bond acceptors (Lipinski definition) is 8. The van der Waals surface area contributed by atoms with Gasteiger partial charge in [0, 0.05) is 14.2 Å². The summed E-state index contributed by atoms with van der Waals surface area (Å²) in [5, 5.41) is 35.0. The molecule has 0 amide bonds. The lowest BCUT2D eigenvalue weighted by molar-refractivity contribution is 0.0325. The third-order valence-corrected chi connectivity index (χ3v) is 3.47. The number of fused-ring (bicyclic) bond motifs is 1. The van der Waals surface area contributed by atoms with Crippen molar-refractivity contribution in [3.05, 3.63) is 72.8 Å². The first kappa shape index (κ1) is 29.3. The fraction of sp³-hybridized carbons (Fsp3) is 0.333. The quantitative estimate of drug-likeness (QED) is 0.387. The van der Waals surface area contributed by atoms with Crippen LogP contribution in [-0.4, -0.2) is 74.7 Å². The van der Waals surface area contributed by atoms with Gasteiger partial charge in [0.25, 0.3) is 0 Å². The third kappa shape index (κ3) is 15.1. The molecular weight excluding hydrogens is 416 g/mol. The minimum atomic E-state index is -0.330. The van der Waals surface area contributed by atoms with E-state index in [1.807, 2.05) is 66.7 Å². The van der Waals surface area contributed by atoms with Gasteiger partial charge in [-0.2, -0.15) is 0 Å². The average Bonchev–Trinajstić information content (AvgIpc) is 2.85. The molecule has 0 unspecified atom stereocenters. The number of aliphatic hydroxyl groups excluding tert-OH is 4. The molecule has 3 rings (SSSR count). The van der Waals surface area contributed by atoms with Gasteiger partial charge in [0.2, 0.25) is 0 Å². The van der Waals surface area contributed by atoms with E-state index in [-0.39, 0.29) is 33.4 Å². The van der Waals surface area contributed by atoms with Crippen molar-refractivity contribution < 1.29 is 39.4 Å². The second-order valence-corrected chi connectivity index (χ2v) is 5.81. The van der Waals surface area contributed by atoms with Crippen LogP contribution in [-0.2, 0) is 9.47 Å². The highest BCUT2D eigenvalue weighted by molar-refractivity contribution is 5.85. The lowest BCUT2D eigenvalue weighted by Gasteiger charge is -2.07. The lowest BCUT2D eigenvalue weighted by Crippen LogP contribution is -2.01. The van der Waals surface area contributed by atoms with Crippen molar-refractivity contribution in [1.82, 2.24) is 0 Å². The van der Waals surface area contributed by atoms with E-state index in [0.29, 0.717) is 12.4 Å². The van der Waals surface area contributed by atoms with Gasteiger partial charge in [0.05, 0.1) is 19.8 Å². The molecular formula is C24H34O8. The highest BCUT2D eigenvalue weighted by atomic mass is 16.6. The first-order valence-corrected chi connectivity index (χ1v) is 9.87. The molecule has 0 fully saturated rings. The smallest absolute Gasteiger partial charge is 0.186 e. The number of benzene rings is 3. The Balaban J connectivity index is 0.000000523. The van der Waals surface area contributed by atoms with Gasteiger partial charge < -0.3 is 39.4 Å². The number of aliphatic hydroxyl groups is 4. The zero-order chi connectivity index (χ0) is 23.9. The standard InChI is InChI=1S/C13H14O4.C6H6.C3H8O2.C2H6O2/c14-5-6-16-12-3-1-11-8-13(17-9-15)4-2-10(11)7-12;1-2-4-6-5-3-1;1-5-3-2-4;1-4-2-3/h1-4,7-8,14-15H,5-6,9H2;1-6H;4H,2-3H2,1H3;3H,2H2,1H3. The fourth-order valence-electron chi connectivity index (χ4n) is 2.10. The molecule has 8 heteroatoms. The third-order valence-electron chi connectivity index (χ3n) is 3.47. The molecule has 0 atom stereocenters. The van der Waals surface area contributed by atoms with Crippen LogP contribution in [0.3, 0.4) is 0 Å². The summed E-state index contributed by atoms with van der Waals surface area (Å²) >= 11 is 0. The van der Waals surface area contributed by atoms with Gasteiger partial charge in [-0.3, -0.25) is 0 Å². The van der Waals surface area contributed by atoms with Crippen LogP contribution in [0.5, 0.6) is 11.5 Å². The molecule has 0 aliphatic heterocycles. The Morgan fingerprint density at radius 2 is 1.00 bits per heavy atom. The van der Waals surface area contributed by atoms with Crippen LogP contribution in [0.25, 0.3) is 10.8 Å². The molecule has 0 spiro atoms. The number of methoxy groups -OCH3 is 2. The molecule has 0 aliphatic rings. The second-order valence-electron chi connectivity index (χ2n) is 5.81. The highest BCUT2D eigenvalue weighted by Crippen LogP contribution is 2.24. The molecule has 3 aromatic carbocycles. The highest BCUT2D eigenvalue weighted by Gasteiger charge is 2.00. The number of ether oxygens (including phenoxy) is 4. The van der Waals surface area contributed by atoms with E-state index in [4.69, 9.17) is 29.9 Å². The molecule has 0 saturated carbocycles. The topological polar surface area (TPSA) is 118 Å². The molecule has 178 valence electrons. The summed E-state index contributed by atoms with van der Waals surface area (Å²) in [6, 6.07) is 23.2. The zero-order valence-electron chi connectivity index (χ0n) is 18.6. The van der Waals surface area contributed by atoms with Crippen LogP contribution in [0.4, 0.5) is 0 Å². The van der Waals surface area contributed by atoms with Gasteiger partial charge in [0.15, 0.2) is 6.79 Å². The molecule has 3 aromatic rings. The van der Waals surface area contributed by atoms with E-state index in [2.05, 4.69) is 9.47 Å². The SMILES string of the molecule is COCCO.COCO.OCCOc1ccc2cc(OCO)ccc2c1.c1ccccc1. The molecule has 0 heterocycles. The normalized spacial score (nSPS) is 9.31. The predicted octanol–water partition coefficient (Wildman–Crippen LogP) is 2.43. The van der Waals surface area contributed by atoms with Crippen molar-refractivity contribution >= 4 is 10.8 Å². The summed E-state index contributed by atoms with van der Waals surface area (Å²) in [7, 11) is 2.98. The fourth-order valence-corrected chi connectivity index (χ4v) is 2.10. The predicted molar refractivity (Wildman–Crippen MR) is 124 cm³/mol. The maximum absolute atomic E-state index is 8.67. The lowest BCUT2D eigenvalue weighted by atomic mass is 10.1. The minimum absolute atomic E-state index is 0.00130. The van der Waals surface area contributed by atoms with Gasteiger partial charge in [-0.15, -0.1) is 0 Å². The Labute approximate surface area is 189 Å². The molecule has 4 N–H and O–H groups in total.